The largest absolute Gasteiger partial charge is 0.281 e. The van der Waals surface area contributed by atoms with Crippen LogP contribution in [-0.2, 0) is 12.8 Å². The van der Waals surface area contributed by atoms with E-state index in [4.69, 9.17) is 16.6 Å². The number of amides is 1. The Kier molecular flexibility index (Phi) is 7.58. The molecule has 3 nitrogen and oxygen atoms in total. The smallest absolute Gasteiger partial charge is 0.260 e. The van der Waals surface area contributed by atoms with Gasteiger partial charge in [0.1, 0.15) is 0 Å². The minimum absolute atomic E-state index is 0.00465. The number of hydrogen-bond acceptors (Lipinski definition) is 3. The molecule has 0 spiro atoms. The van der Waals surface area contributed by atoms with Gasteiger partial charge in [-0.25, -0.2) is 4.98 Å². The van der Waals surface area contributed by atoms with Gasteiger partial charge in [-0.3, -0.25) is 9.69 Å². The highest BCUT2D eigenvalue weighted by atomic mass is 35.5. The monoisotopic (exact) mass is 474 g/mol. The zero-order valence-electron chi connectivity index (χ0n) is 18.9. The van der Waals surface area contributed by atoms with Gasteiger partial charge in [-0.15, -0.1) is 11.3 Å². The number of hydrogen-bond donors (Lipinski definition) is 0. The average molecular weight is 475 g/mol. The number of nitrogens with zero attached hydrogens (tertiary/aromatic N) is 2. The molecule has 1 amide bonds. The van der Waals surface area contributed by atoms with E-state index in [0.29, 0.717) is 5.02 Å². The lowest BCUT2D eigenvalue weighted by Crippen LogP contribution is -2.39. The van der Waals surface area contributed by atoms with Crippen LogP contribution in [-0.4, -0.2) is 16.9 Å². The first-order valence-corrected chi connectivity index (χ1v) is 12.5. The third-order valence-corrected chi connectivity index (χ3v) is 6.95. The second kappa shape index (κ2) is 10.8. The minimum Gasteiger partial charge on any atom is -0.281 e. The van der Waals surface area contributed by atoms with Gasteiger partial charge in [0.2, 0.25) is 0 Å². The molecule has 1 heterocycles. The molecule has 0 bridgehead atoms. The third-order valence-electron chi connectivity index (χ3n) is 5.86. The highest BCUT2D eigenvalue weighted by Crippen LogP contribution is 2.31. The Hall–Kier alpha value is -2.95. The van der Waals surface area contributed by atoms with Gasteiger partial charge in [0.15, 0.2) is 5.13 Å². The second-order valence-electron chi connectivity index (χ2n) is 8.10. The molecule has 0 aliphatic heterocycles. The van der Waals surface area contributed by atoms with Gasteiger partial charge in [-0.2, -0.15) is 0 Å². The van der Waals surface area contributed by atoms with Crippen molar-refractivity contribution in [3.63, 3.8) is 0 Å². The van der Waals surface area contributed by atoms with Crippen molar-refractivity contribution in [1.82, 2.24) is 4.98 Å². The Morgan fingerprint density at radius 1 is 0.970 bits per heavy atom. The number of benzene rings is 3. The molecule has 0 saturated heterocycles. The lowest BCUT2D eigenvalue weighted by Gasteiger charge is -2.27. The number of thiazole rings is 1. The van der Waals surface area contributed by atoms with Crippen molar-refractivity contribution in [2.45, 2.75) is 39.2 Å². The summed E-state index contributed by atoms with van der Waals surface area (Å²) in [5, 5.41) is 3.41. The fraction of sp³-hybridized carbons (Fsp3) is 0.214. The molecule has 4 aromatic rings. The average Bonchev–Trinajstić information content (AvgIpc) is 3.33. The number of rotatable bonds is 8. The molecule has 0 aliphatic carbocycles. The molecule has 1 aromatic heterocycles. The third kappa shape index (κ3) is 5.52. The Balaban J connectivity index is 1.62. The summed E-state index contributed by atoms with van der Waals surface area (Å²) in [6.45, 7) is 4.17. The summed E-state index contributed by atoms with van der Waals surface area (Å²) in [5.74, 6) is 0.00465. The molecule has 0 saturated carbocycles. The Morgan fingerprint density at radius 2 is 1.67 bits per heavy atom. The second-order valence-corrected chi connectivity index (χ2v) is 9.37. The molecule has 0 radical (unpaired) electrons. The van der Waals surface area contributed by atoms with Crippen LogP contribution in [0, 0.1) is 0 Å². The Morgan fingerprint density at radius 3 is 2.39 bits per heavy atom. The molecule has 168 valence electrons. The number of carbonyl (C=O) groups is 1. The van der Waals surface area contributed by atoms with E-state index < -0.39 is 0 Å². The van der Waals surface area contributed by atoms with Gasteiger partial charge < -0.3 is 0 Å². The van der Waals surface area contributed by atoms with E-state index in [1.165, 1.54) is 16.9 Å². The van der Waals surface area contributed by atoms with Crippen molar-refractivity contribution in [2.24, 2.45) is 0 Å². The number of aryl methyl sites for hydroxylation is 2. The lowest BCUT2D eigenvalue weighted by atomic mass is 9.98. The SMILES string of the molecule is CCC(C)N(C(=O)c1ccccc1CCc1ccccc1)c1nc(-c2ccc(Cl)cc2)cs1. The van der Waals surface area contributed by atoms with Crippen LogP contribution in [0.4, 0.5) is 5.13 Å². The predicted molar refractivity (Wildman–Crippen MR) is 139 cm³/mol. The molecule has 3 aromatic carbocycles. The zero-order chi connectivity index (χ0) is 23.2. The number of carbonyl (C=O) groups excluding carboxylic acids is 1. The number of halogens is 1. The summed E-state index contributed by atoms with van der Waals surface area (Å²) in [5.41, 5.74) is 4.92. The van der Waals surface area contributed by atoms with Gasteiger partial charge in [-0.05, 0) is 55.5 Å². The van der Waals surface area contributed by atoms with Crippen LogP contribution in [0.2, 0.25) is 5.02 Å². The van der Waals surface area contributed by atoms with Crippen molar-refractivity contribution < 1.29 is 4.79 Å². The van der Waals surface area contributed by atoms with Gasteiger partial charge in [0.05, 0.1) is 5.69 Å². The molecular weight excluding hydrogens is 448 g/mol. The lowest BCUT2D eigenvalue weighted by molar-refractivity contribution is 0.0977. The van der Waals surface area contributed by atoms with Crippen LogP contribution in [0.1, 0.15) is 41.8 Å². The van der Waals surface area contributed by atoms with Crippen molar-refractivity contribution in [1.29, 1.82) is 0 Å². The van der Waals surface area contributed by atoms with Crippen LogP contribution in [0.5, 0.6) is 0 Å². The molecule has 5 heteroatoms. The maximum Gasteiger partial charge on any atom is 0.260 e. The van der Waals surface area contributed by atoms with E-state index in [2.05, 4.69) is 44.2 Å². The molecule has 4 rings (SSSR count). The molecule has 1 atom stereocenters. The first kappa shape index (κ1) is 23.2. The van der Waals surface area contributed by atoms with Crippen LogP contribution in [0.3, 0.4) is 0 Å². The topological polar surface area (TPSA) is 33.2 Å². The van der Waals surface area contributed by atoms with Gasteiger partial charge in [-0.1, -0.05) is 79.2 Å². The zero-order valence-corrected chi connectivity index (χ0v) is 20.4. The van der Waals surface area contributed by atoms with Gasteiger partial charge >= 0.3 is 0 Å². The van der Waals surface area contributed by atoms with E-state index in [9.17, 15) is 4.79 Å². The van der Waals surface area contributed by atoms with E-state index in [1.54, 1.807) is 0 Å². The van der Waals surface area contributed by atoms with Crippen LogP contribution >= 0.6 is 22.9 Å². The van der Waals surface area contributed by atoms with Gasteiger partial charge in [0.25, 0.3) is 5.91 Å². The predicted octanol–water partition coefficient (Wildman–Crippen LogP) is 7.69. The van der Waals surface area contributed by atoms with E-state index >= 15 is 0 Å². The fourth-order valence-corrected chi connectivity index (χ4v) is 4.85. The first-order chi connectivity index (χ1) is 16.1. The number of anilines is 1. The minimum atomic E-state index is 0.00465. The highest BCUT2D eigenvalue weighted by Gasteiger charge is 2.26. The normalized spacial score (nSPS) is 11.8. The summed E-state index contributed by atoms with van der Waals surface area (Å²) in [6, 6.07) is 26.0. The maximum atomic E-state index is 13.8. The van der Waals surface area contributed by atoms with E-state index in [-0.39, 0.29) is 11.9 Å². The summed E-state index contributed by atoms with van der Waals surface area (Å²) >= 11 is 7.53. The Labute approximate surface area is 204 Å². The van der Waals surface area contributed by atoms with Crippen molar-refractivity contribution in [2.75, 3.05) is 4.90 Å². The van der Waals surface area contributed by atoms with Gasteiger partial charge in [0, 0.05) is 27.6 Å². The van der Waals surface area contributed by atoms with Crippen molar-refractivity contribution >= 4 is 34.0 Å². The maximum absolute atomic E-state index is 13.8. The van der Waals surface area contributed by atoms with E-state index in [0.717, 1.165) is 46.8 Å². The number of aromatic nitrogens is 1. The molecule has 0 aliphatic rings. The van der Waals surface area contributed by atoms with Crippen LogP contribution < -0.4 is 4.90 Å². The molecular formula is C28H27ClN2OS. The fourth-order valence-electron chi connectivity index (χ4n) is 3.79. The van der Waals surface area contributed by atoms with E-state index in [1.807, 2.05) is 58.8 Å². The standard InChI is InChI=1S/C28H27ClN2OS/c1-3-20(2)31(28-30-26(19-33-28)23-15-17-24(29)18-16-23)27(32)25-12-8-7-11-22(25)14-13-21-9-5-4-6-10-21/h4-12,15-20H,3,13-14H2,1-2H3. The summed E-state index contributed by atoms with van der Waals surface area (Å²) in [6.07, 6.45) is 2.55. The van der Waals surface area contributed by atoms with Crippen molar-refractivity contribution in [3.8, 4) is 11.3 Å². The molecule has 33 heavy (non-hydrogen) atoms. The quantitative estimate of drug-likeness (QED) is 0.262. The summed E-state index contributed by atoms with van der Waals surface area (Å²) < 4.78 is 0. The van der Waals surface area contributed by atoms with Crippen LogP contribution in [0.15, 0.2) is 84.2 Å². The molecule has 0 fully saturated rings. The van der Waals surface area contributed by atoms with Crippen LogP contribution in [0.25, 0.3) is 11.3 Å². The first-order valence-electron chi connectivity index (χ1n) is 11.2. The highest BCUT2D eigenvalue weighted by molar-refractivity contribution is 7.14. The molecule has 1 unspecified atom stereocenters. The summed E-state index contributed by atoms with van der Waals surface area (Å²) in [4.78, 5) is 20.5. The Bertz CT molecular complexity index is 1200. The summed E-state index contributed by atoms with van der Waals surface area (Å²) in [7, 11) is 0. The molecule has 0 N–H and O–H groups in total. The van der Waals surface area contributed by atoms with Crippen molar-refractivity contribution in [3.05, 3.63) is 106 Å².